The van der Waals surface area contributed by atoms with E-state index in [2.05, 4.69) is 26.6 Å². The van der Waals surface area contributed by atoms with Gasteiger partial charge in [0.2, 0.25) is 17.7 Å². The molecule has 3 heterocycles. The molecule has 33 heavy (non-hydrogen) atoms. The summed E-state index contributed by atoms with van der Waals surface area (Å²) in [6, 6.07) is 7.79. The first kappa shape index (κ1) is 24.5. The van der Waals surface area contributed by atoms with Crippen molar-refractivity contribution in [3.8, 4) is 0 Å². The summed E-state index contributed by atoms with van der Waals surface area (Å²) in [5, 5.41) is 16.3. The van der Waals surface area contributed by atoms with E-state index in [1.165, 1.54) is 0 Å². The molecule has 1 aromatic carbocycles. The third-order valence-corrected chi connectivity index (χ3v) is 10.2. The van der Waals surface area contributed by atoms with Crippen LogP contribution in [-0.2, 0) is 14.4 Å². The lowest BCUT2D eigenvalue weighted by molar-refractivity contribution is -0.143. The molecule has 3 amide bonds. The number of nitrogens with zero attached hydrogens (tertiary/aromatic N) is 1. The third-order valence-electron chi connectivity index (χ3n) is 6.95. The summed E-state index contributed by atoms with van der Waals surface area (Å²) in [4.78, 5) is 42.5. The van der Waals surface area contributed by atoms with Gasteiger partial charge in [-0.3, -0.25) is 14.4 Å². The molecular formula is C24H32BrN3O4S. The van der Waals surface area contributed by atoms with Gasteiger partial charge in [-0.05, 0) is 32.3 Å². The number of thioether (sulfide) groups is 1. The standard InChI is InChI=1S/C24H32BrN3O4S/c1-4-10-26-21(30)17-18-23(32)28(16(12-29)14-8-6-5-7-9-14)20(22(31)27-13(2)3)24(18)11-15(25)19(17)33-24/h5-9,13,15-20,29H,4,10-12H2,1-3H3,(H,26,30)(H,27,31)/t15?,16-,17-,18+,19-,20?,24?/m1/s1. The Morgan fingerprint density at radius 2 is 1.97 bits per heavy atom. The topological polar surface area (TPSA) is 98.7 Å². The first-order valence-corrected chi connectivity index (χ1v) is 13.4. The SMILES string of the molecule is CCCNC(=O)[C@H]1[C@@H]2SC3(CC2Br)C(C(=O)NC(C)C)N([C@H](CO)c2ccccc2)C(=O)[C@H]13. The van der Waals surface area contributed by atoms with Crippen LogP contribution in [0.4, 0.5) is 0 Å². The van der Waals surface area contributed by atoms with Crippen LogP contribution in [0.5, 0.6) is 0 Å². The highest BCUT2D eigenvalue weighted by atomic mass is 79.9. The van der Waals surface area contributed by atoms with Crippen molar-refractivity contribution in [1.82, 2.24) is 15.5 Å². The van der Waals surface area contributed by atoms with Crippen LogP contribution in [0.15, 0.2) is 30.3 Å². The molecule has 2 bridgehead atoms. The van der Waals surface area contributed by atoms with Crippen molar-refractivity contribution in [2.75, 3.05) is 13.2 Å². The van der Waals surface area contributed by atoms with Gasteiger partial charge in [0.25, 0.3) is 0 Å². The molecule has 9 heteroatoms. The first-order valence-electron chi connectivity index (χ1n) is 11.6. The highest BCUT2D eigenvalue weighted by Gasteiger charge is 2.76. The van der Waals surface area contributed by atoms with Gasteiger partial charge in [-0.2, -0.15) is 0 Å². The number of carbonyl (C=O) groups is 3. The van der Waals surface area contributed by atoms with Gasteiger partial charge in [0, 0.05) is 22.7 Å². The van der Waals surface area contributed by atoms with Crippen molar-refractivity contribution in [2.45, 2.75) is 66.6 Å². The third kappa shape index (κ3) is 4.00. The van der Waals surface area contributed by atoms with Crippen molar-refractivity contribution < 1.29 is 19.5 Å². The molecule has 0 aliphatic carbocycles. The Hall–Kier alpha value is -1.58. The lowest BCUT2D eigenvalue weighted by Crippen LogP contribution is -2.56. The number of carbonyl (C=O) groups excluding carboxylic acids is 3. The lowest BCUT2D eigenvalue weighted by Gasteiger charge is -2.37. The molecule has 1 spiro atoms. The molecule has 3 N–H and O–H groups in total. The molecule has 180 valence electrons. The molecular weight excluding hydrogens is 506 g/mol. The summed E-state index contributed by atoms with van der Waals surface area (Å²) < 4.78 is -0.717. The van der Waals surface area contributed by atoms with Crippen LogP contribution in [0.1, 0.15) is 45.2 Å². The lowest BCUT2D eigenvalue weighted by atomic mass is 9.70. The fourth-order valence-corrected chi connectivity index (χ4v) is 9.36. The van der Waals surface area contributed by atoms with E-state index in [4.69, 9.17) is 0 Å². The number of hydrogen-bond donors (Lipinski definition) is 3. The van der Waals surface area contributed by atoms with Crippen LogP contribution in [0, 0.1) is 11.8 Å². The highest BCUT2D eigenvalue weighted by Crippen LogP contribution is 2.68. The van der Waals surface area contributed by atoms with Crippen molar-refractivity contribution in [1.29, 1.82) is 0 Å². The summed E-state index contributed by atoms with van der Waals surface area (Å²) in [7, 11) is 0. The van der Waals surface area contributed by atoms with E-state index < -0.39 is 28.7 Å². The molecule has 0 saturated carbocycles. The fraction of sp³-hybridized carbons (Fsp3) is 0.625. The molecule has 3 saturated heterocycles. The van der Waals surface area contributed by atoms with Gasteiger partial charge in [-0.1, -0.05) is 53.2 Å². The molecule has 3 fully saturated rings. The quantitative estimate of drug-likeness (QED) is 0.441. The van der Waals surface area contributed by atoms with E-state index in [0.717, 1.165) is 12.0 Å². The van der Waals surface area contributed by atoms with Gasteiger partial charge in [-0.25, -0.2) is 0 Å². The second kappa shape index (κ2) is 9.58. The van der Waals surface area contributed by atoms with Gasteiger partial charge < -0.3 is 20.6 Å². The van der Waals surface area contributed by atoms with E-state index in [1.54, 1.807) is 16.7 Å². The molecule has 7 nitrogen and oxygen atoms in total. The molecule has 3 unspecified atom stereocenters. The number of benzene rings is 1. The monoisotopic (exact) mass is 537 g/mol. The second-order valence-electron chi connectivity index (χ2n) is 9.47. The summed E-state index contributed by atoms with van der Waals surface area (Å²) in [5.41, 5.74) is 0.772. The number of alkyl halides is 1. The number of hydrogen-bond acceptors (Lipinski definition) is 5. The van der Waals surface area contributed by atoms with Gasteiger partial charge in [0.1, 0.15) is 6.04 Å². The van der Waals surface area contributed by atoms with Crippen molar-refractivity contribution >= 4 is 45.4 Å². The summed E-state index contributed by atoms with van der Waals surface area (Å²) >= 11 is 5.37. The molecule has 3 aliphatic heterocycles. The van der Waals surface area contributed by atoms with Crippen molar-refractivity contribution in [3.63, 3.8) is 0 Å². The van der Waals surface area contributed by atoms with E-state index in [1.807, 2.05) is 51.1 Å². The highest BCUT2D eigenvalue weighted by molar-refractivity contribution is 9.09. The number of likely N-dealkylation sites (tertiary alicyclic amines) is 1. The Balaban J connectivity index is 1.80. The molecule has 4 rings (SSSR count). The van der Waals surface area contributed by atoms with E-state index in [9.17, 15) is 19.5 Å². The van der Waals surface area contributed by atoms with Crippen molar-refractivity contribution in [3.05, 3.63) is 35.9 Å². The first-order chi connectivity index (χ1) is 15.8. The number of aliphatic hydroxyl groups is 1. The molecule has 0 aromatic heterocycles. The predicted molar refractivity (Wildman–Crippen MR) is 132 cm³/mol. The van der Waals surface area contributed by atoms with Gasteiger partial charge >= 0.3 is 0 Å². The fourth-order valence-electron chi connectivity index (χ4n) is 5.76. The number of amides is 3. The summed E-state index contributed by atoms with van der Waals surface area (Å²) in [6.07, 6.45) is 1.43. The minimum atomic E-state index is -0.770. The smallest absolute Gasteiger partial charge is 0.244 e. The second-order valence-corrected chi connectivity index (χ2v) is 12.2. The maximum Gasteiger partial charge on any atom is 0.244 e. The van der Waals surface area contributed by atoms with E-state index in [-0.39, 0.29) is 40.4 Å². The van der Waals surface area contributed by atoms with Crippen LogP contribution in [0.2, 0.25) is 0 Å². The zero-order valence-corrected chi connectivity index (χ0v) is 21.6. The Morgan fingerprint density at radius 3 is 2.58 bits per heavy atom. The van der Waals surface area contributed by atoms with Crippen molar-refractivity contribution in [2.24, 2.45) is 11.8 Å². The number of nitrogens with one attached hydrogen (secondary N) is 2. The summed E-state index contributed by atoms with van der Waals surface area (Å²) in [5.74, 6) is -1.67. The minimum absolute atomic E-state index is 0.0301. The minimum Gasteiger partial charge on any atom is -0.394 e. The van der Waals surface area contributed by atoms with Crippen LogP contribution in [0.25, 0.3) is 0 Å². The van der Waals surface area contributed by atoms with Gasteiger partial charge in [-0.15, -0.1) is 11.8 Å². The Kier molecular flexibility index (Phi) is 7.13. The van der Waals surface area contributed by atoms with Crippen LogP contribution >= 0.6 is 27.7 Å². The Labute approximate surface area is 207 Å². The van der Waals surface area contributed by atoms with Gasteiger partial charge in [0.15, 0.2) is 0 Å². The van der Waals surface area contributed by atoms with Crippen LogP contribution in [-0.4, -0.2) is 67.8 Å². The normalized spacial score (nSPS) is 33.3. The average molecular weight is 539 g/mol. The number of fused-ring (bicyclic) bond motifs is 1. The predicted octanol–water partition coefficient (Wildman–Crippen LogP) is 2.24. The molecule has 0 radical (unpaired) electrons. The zero-order valence-electron chi connectivity index (χ0n) is 19.2. The molecule has 1 aromatic rings. The summed E-state index contributed by atoms with van der Waals surface area (Å²) in [6.45, 7) is 6.02. The number of rotatable bonds is 8. The Bertz CT molecular complexity index is 916. The average Bonchev–Trinajstić information content (AvgIpc) is 3.37. The number of aliphatic hydroxyl groups excluding tert-OH is 1. The van der Waals surface area contributed by atoms with Gasteiger partial charge in [0.05, 0.1) is 29.2 Å². The van der Waals surface area contributed by atoms with Crippen LogP contribution in [0.3, 0.4) is 0 Å². The molecule has 7 atom stereocenters. The maximum atomic E-state index is 14.1. The van der Waals surface area contributed by atoms with Crippen LogP contribution < -0.4 is 10.6 Å². The molecule has 3 aliphatic rings. The van der Waals surface area contributed by atoms with E-state index in [0.29, 0.717) is 13.0 Å². The number of halogens is 1. The Morgan fingerprint density at radius 1 is 1.27 bits per heavy atom. The maximum absolute atomic E-state index is 14.1. The zero-order chi connectivity index (χ0) is 23.9. The largest absolute Gasteiger partial charge is 0.394 e. The van der Waals surface area contributed by atoms with E-state index >= 15 is 0 Å².